The molecule has 26 heavy (non-hydrogen) atoms. The number of rotatable bonds is 5. The van der Waals surface area contributed by atoms with Gasteiger partial charge >= 0.3 is 0 Å². The number of nitrogens with zero attached hydrogens (tertiary/aromatic N) is 1. The molecular weight excluding hydrogens is 324 g/mol. The lowest BCUT2D eigenvalue weighted by Crippen LogP contribution is -2.12. The molecule has 1 amide bonds. The molecule has 0 saturated carbocycles. The molecule has 4 heteroatoms. The molecule has 0 fully saturated rings. The first-order valence-electron chi connectivity index (χ1n) is 8.20. The molecule has 2 N–H and O–H groups in total. The van der Waals surface area contributed by atoms with Crippen molar-refractivity contribution in [2.24, 2.45) is 5.73 Å². The summed E-state index contributed by atoms with van der Waals surface area (Å²) >= 11 is 0. The highest BCUT2D eigenvalue weighted by atomic mass is 16.5. The summed E-state index contributed by atoms with van der Waals surface area (Å²) in [6.07, 6.45) is 1.50. The molecule has 0 saturated heterocycles. The second-order valence-electron chi connectivity index (χ2n) is 6.01. The van der Waals surface area contributed by atoms with E-state index in [-0.39, 0.29) is 5.57 Å². The van der Waals surface area contributed by atoms with Crippen LogP contribution in [0.3, 0.4) is 0 Å². The van der Waals surface area contributed by atoms with Gasteiger partial charge in [-0.25, -0.2) is 0 Å². The highest BCUT2D eigenvalue weighted by molar-refractivity contribution is 6.04. The highest BCUT2D eigenvalue weighted by Crippen LogP contribution is 2.31. The van der Waals surface area contributed by atoms with E-state index in [1.807, 2.05) is 73.7 Å². The zero-order valence-corrected chi connectivity index (χ0v) is 14.4. The van der Waals surface area contributed by atoms with Crippen LogP contribution in [0.15, 0.2) is 66.2 Å². The molecule has 128 valence electrons. The number of hydrogen-bond acceptors (Lipinski definition) is 3. The molecule has 3 rings (SSSR count). The van der Waals surface area contributed by atoms with E-state index in [4.69, 9.17) is 10.5 Å². The van der Waals surface area contributed by atoms with Crippen LogP contribution in [-0.2, 0) is 11.4 Å². The average molecular weight is 342 g/mol. The normalized spacial score (nSPS) is 11.2. The summed E-state index contributed by atoms with van der Waals surface area (Å²) in [6.45, 7) is 2.42. The molecular formula is C22H18N2O2. The van der Waals surface area contributed by atoms with Crippen LogP contribution in [0.4, 0.5) is 0 Å². The van der Waals surface area contributed by atoms with E-state index >= 15 is 0 Å². The molecule has 0 atom stereocenters. The number of hydrogen-bond donors (Lipinski definition) is 1. The third-order valence-corrected chi connectivity index (χ3v) is 4.12. The second kappa shape index (κ2) is 7.54. The molecule has 0 bridgehead atoms. The van der Waals surface area contributed by atoms with Crippen molar-refractivity contribution >= 4 is 22.8 Å². The van der Waals surface area contributed by atoms with Gasteiger partial charge in [0.25, 0.3) is 5.91 Å². The number of aryl methyl sites for hydroxylation is 1. The Morgan fingerprint density at radius 1 is 1.12 bits per heavy atom. The van der Waals surface area contributed by atoms with Crippen molar-refractivity contribution < 1.29 is 9.53 Å². The quantitative estimate of drug-likeness (QED) is 0.560. The Balaban J connectivity index is 2.04. The monoisotopic (exact) mass is 342 g/mol. The predicted molar refractivity (Wildman–Crippen MR) is 102 cm³/mol. The maximum absolute atomic E-state index is 11.5. The van der Waals surface area contributed by atoms with Crippen molar-refractivity contribution in [1.29, 1.82) is 5.26 Å². The van der Waals surface area contributed by atoms with E-state index in [1.54, 1.807) is 0 Å². The fourth-order valence-electron chi connectivity index (χ4n) is 2.70. The molecule has 3 aromatic rings. The lowest BCUT2D eigenvalue weighted by atomic mass is 10.0. The number of primary amides is 1. The first-order valence-corrected chi connectivity index (χ1v) is 8.20. The summed E-state index contributed by atoms with van der Waals surface area (Å²) in [5.41, 5.74) is 8.08. The molecule has 0 aliphatic rings. The van der Waals surface area contributed by atoms with Crippen molar-refractivity contribution in [2.75, 3.05) is 0 Å². The molecule has 3 aromatic carbocycles. The number of carbonyl (C=O) groups excluding carboxylic acids is 1. The van der Waals surface area contributed by atoms with Crippen molar-refractivity contribution in [1.82, 2.24) is 0 Å². The van der Waals surface area contributed by atoms with Crippen LogP contribution < -0.4 is 10.5 Å². The van der Waals surface area contributed by atoms with Crippen LogP contribution in [0.2, 0.25) is 0 Å². The SMILES string of the molecule is Cc1ccc(COc2ccc3ccccc3c2/C=C(\C#N)C(N)=O)cc1. The third-order valence-electron chi connectivity index (χ3n) is 4.12. The highest BCUT2D eigenvalue weighted by Gasteiger charge is 2.11. The minimum Gasteiger partial charge on any atom is -0.488 e. The zero-order chi connectivity index (χ0) is 18.5. The Morgan fingerprint density at radius 2 is 1.85 bits per heavy atom. The van der Waals surface area contributed by atoms with Gasteiger partial charge in [-0.3, -0.25) is 4.79 Å². The van der Waals surface area contributed by atoms with E-state index in [2.05, 4.69) is 0 Å². The van der Waals surface area contributed by atoms with Gasteiger partial charge in [0.15, 0.2) is 0 Å². The van der Waals surface area contributed by atoms with E-state index in [0.717, 1.165) is 16.3 Å². The molecule has 0 unspecified atom stereocenters. The summed E-state index contributed by atoms with van der Waals surface area (Å²) in [5.74, 6) is -0.164. The standard InChI is InChI=1S/C22H18N2O2/c1-15-6-8-16(9-7-15)14-26-21-11-10-17-4-2-3-5-19(17)20(21)12-18(13-23)22(24)25/h2-12H,14H2,1H3,(H2,24,25)/b18-12+. The Morgan fingerprint density at radius 3 is 2.54 bits per heavy atom. The first-order chi connectivity index (χ1) is 12.6. The van der Waals surface area contributed by atoms with Crippen LogP contribution in [-0.4, -0.2) is 5.91 Å². The first kappa shape index (κ1) is 17.2. The topological polar surface area (TPSA) is 76.1 Å². The number of benzene rings is 3. The molecule has 0 aliphatic heterocycles. The van der Waals surface area contributed by atoms with E-state index in [1.165, 1.54) is 11.6 Å². The van der Waals surface area contributed by atoms with Crippen LogP contribution in [0.1, 0.15) is 16.7 Å². The number of amides is 1. The van der Waals surface area contributed by atoms with Gasteiger partial charge in [-0.15, -0.1) is 0 Å². The van der Waals surface area contributed by atoms with Crippen molar-refractivity contribution in [3.8, 4) is 11.8 Å². The third kappa shape index (κ3) is 3.73. The fraction of sp³-hybridized carbons (Fsp3) is 0.0909. The van der Waals surface area contributed by atoms with E-state index in [9.17, 15) is 10.1 Å². The molecule has 0 heterocycles. The van der Waals surface area contributed by atoms with Gasteiger partial charge in [-0.1, -0.05) is 60.2 Å². The predicted octanol–water partition coefficient (Wildman–Crippen LogP) is 4.12. The Hall–Kier alpha value is -3.58. The summed E-state index contributed by atoms with van der Waals surface area (Å²) in [5, 5.41) is 11.1. The lowest BCUT2D eigenvalue weighted by molar-refractivity contribution is -0.114. The maximum Gasteiger partial charge on any atom is 0.259 e. The van der Waals surface area contributed by atoms with Crippen molar-refractivity contribution in [2.45, 2.75) is 13.5 Å². The van der Waals surface area contributed by atoms with Gasteiger partial charge in [0.2, 0.25) is 0 Å². The number of ether oxygens (including phenoxy) is 1. The van der Waals surface area contributed by atoms with Crippen LogP contribution in [0.25, 0.3) is 16.8 Å². The molecule has 0 radical (unpaired) electrons. The lowest BCUT2D eigenvalue weighted by Gasteiger charge is -2.12. The smallest absolute Gasteiger partial charge is 0.259 e. The minimum atomic E-state index is -0.759. The average Bonchev–Trinajstić information content (AvgIpc) is 2.65. The minimum absolute atomic E-state index is 0.110. The molecule has 0 aromatic heterocycles. The zero-order valence-electron chi connectivity index (χ0n) is 14.4. The summed E-state index contributed by atoms with van der Waals surface area (Å²) in [7, 11) is 0. The molecule has 4 nitrogen and oxygen atoms in total. The van der Waals surface area contributed by atoms with Crippen LogP contribution in [0, 0.1) is 18.3 Å². The van der Waals surface area contributed by atoms with Gasteiger partial charge in [0.05, 0.1) is 0 Å². The van der Waals surface area contributed by atoms with Crippen LogP contribution in [0.5, 0.6) is 5.75 Å². The fourth-order valence-corrected chi connectivity index (χ4v) is 2.70. The number of fused-ring (bicyclic) bond motifs is 1. The molecule has 0 spiro atoms. The number of nitriles is 1. The van der Waals surface area contributed by atoms with Crippen LogP contribution >= 0.6 is 0 Å². The summed E-state index contributed by atoms with van der Waals surface area (Å²) < 4.78 is 5.99. The van der Waals surface area contributed by atoms with E-state index in [0.29, 0.717) is 17.9 Å². The van der Waals surface area contributed by atoms with Gasteiger partial charge in [0.1, 0.15) is 24.0 Å². The van der Waals surface area contributed by atoms with Crippen molar-refractivity contribution in [3.63, 3.8) is 0 Å². The Labute approximate surface area is 152 Å². The number of nitrogens with two attached hydrogens (primary N) is 1. The van der Waals surface area contributed by atoms with Gasteiger partial charge in [-0.05, 0) is 35.4 Å². The summed E-state index contributed by atoms with van der Waals surface area (Å²) in [4.78, 5) is 11.5. The summed E-state index contributed by atoms with van der Waals surface area (Å²) in [6, 6.07) is 21.5. The van der Waals surface area contributed by atoms with Gasteiger partial charge in [0, 0.05) is 5.56 Å². The Bertz CT molecular complexity index is 1030. The second-order valence-corrected chi connectivity index (χ2v) is 6.01. The Kier molecular flexibility index (Phi) is 5.00. The molecule has 0 aliphatic carbocycles. The maximum atomic E-state index is 11.5. The number of carbonyl (C=O) groups is 1. The van der Waals surface area contributed by atoms with E-state index < -0.39 is 5.91 Å². The van der Waals surface area contributed by atoms with Gasteiger partial charge < -0.3 is 10.5 Å². The largest absolute Gasteiger partial charge is 0.488 e. The van der Waals surface area contributed by atoms with Crippen molar-refractivity contribution in [3.05, 3.63) is 82.9 Å². The van der Waals surface area contributed by atoms with Gasteiger partial charge in [-0.2, -0.15) is 5.26 Å².